The molecule has 7 heteroatoms. The van der Waals surface area contributed by atoms with Gasteiger partial charge in [-0.1, -0.05) is 11.6 Å². The van der Waals surface area contributed by atoms with Crippen LogP contribution in [0.3, 0.4) is 0 Å². The lowest BCUT2D eigenvalue weighted by atomic mass is 9.97. The van der Waals surface area contributed by atoms with E-state index < -0.39 is 0 Å². The summed E-state index contributed by atoms with van der Waals surface area (Å²) >= 11 is 0. The molecule has 2 heterocycles. The molecule has 1 aliphatic carbocycles. The number of nitrogens with one attached hydrogen (secondary N) is 1. The number of hydrogen-bond acceptors (Lipinski definition) is 5. The number of morpholine rings is 1. The number of carbonyl (C=O) groups is 1. The Hall–Kier alpha value is -2.15. The molecule has 1 aliphatic heterocycles. The Morgan fingerprint density at radius 3 is 3.12 bits per heavy atom. The fourth-order valence-corrected chi connectivity index (χ4v) is 3.27. The lowest BCUT2D eigenvalue weighted by Gasteiger charge is -2.33. The Bertz CT molecular complexity index is 698. The summed E-state index contributed by atoms with van der Waals surface area (Å²) in [6.07, 6.45) is 10.4. The molecule has 7 nitrogen and oxygen atoms in total. The Kier molecular flexibility index (Phi) is 5.86. The van der Waals surface area contributed by atoms with Gasteiger partial charge in [0.1, 0.15) is 0 Å². The Morgan fingerprint density at radius 1 is 1.44 bits per heavy atom. The molecule has 0 aromatic carbocycles. The molecule has 0 bridgehead atoms. The minimum absolute atomic E-state index is 0.134. The molecular formula is C18H26N4O3. The van der Waals surface area contributed by atoms with E-state index in [-0.39, 0.29) is 17.6 Å². The smallest absolute Gasteiger partial charge is 0.293 e. The SMILES string of the molecule is Cn1ccnc(NC[C@H]2CN(C(=O)CC3=CCCCC3)CCO2)c1=O. The second kappa shape index (κ2) is 8.29. The number of nitrogens with zero attached hydrogens (tertiary/aromatic N) is 3. The van der Waals surface area contributed by atoms with Crippen molar-refractivity contribution in [3.8, 4) is 0 Å². The lowest BCUT2D eigenvalue weighted by molar-refractivity contribution is -0.137. The molecule has 1 N–H and O–H groups in total. The standard InChI is InChI=1S/C18H26N4O3/c1-21-8-7-19-17(18(21)24)20-12-15-13-22(9-10-25-15)16(23)11-14-5-3-2-4-6-14/h5,7-8,15H,2-4,6,9-13H2,1H3,(H,19,20)/t15-/m0/s1. The van der Waals surface area contributed by atoms with Crippen molar-refractivity contribution in [2.24, 2.45) is 7.05 Å². The molecule has 25 heavy (non-hydrogen) atoms. The van der Waals surface area contributed by atoms with Crippen LogP contribution >= 0.6 is 0 Å². The second-order valence-corrected chi connectivity index (χ2v) is 6.69. The fraction of sp³-hybridized carbons (Fsp3) is 0.611. The van der Waals surface area contributed by atoms with Crippen molar-refractivity contribution in [2.75, 3.05) is 31.6 Å². The first-order chi connectivity index (χ1) is 12.1. The van der Waals surface area contributed by atoms with Crippen LogP contribution in [0.5, 0.6) is 0 Å². The first-order valence-corrected chi connectivity index (χ1v) is 8.96. The van der Waals surface area contributed by atoms with Crippen molar-refractivity contribution in [1.82, 2.24) is 14.5 Å². The van der Waals surface area contributed by atoms with Crippen LogP contribution in [0.15, 0.2) is 28.8 Å². The van der Waals surface area contributed by atoms with Gasteiger partial charge >= 0.3 is 0 Å². The summed E-state index contributed by atoms with van der Waals surface area (Å²) in [6, 6.07) is 0. The minimum Gasteiger partial charge on any atom is -0.373 e. The highest BCUT2D eigenvalue weighted by Crippen LogP contribution is 2.21. The molecular weight excluding hydrogens is 320 g/mol. The maximum absolute atomic E-state index is 12.5. The van der Waals surface area contributed by atoms with Crippen LogP contribution in [0.1, 0.15) is 32.1 Å². The summed E-state index contributed by atoms with van der Waals surface area (Å²) in [5, 5.41) is 3.05. The minimum atomic E-state index is -0.171. The molecule has 1 aromatic heterocycles. The number of hydrogen-bond donors (Lipinski definition) is 1. The zero-order valence-electron chi connectivity index (χ0n) is 14.7. The molecule has 1 amide bonds. The van der Waals surface area contributed by atoms with Gasteiger partial charge in [-0.15, -0.1) is 0 Å². The van der Waals surface area contributed by atoms with Crippen LogP contribution in [0, 0.1) is 0 Å². The quantitative estimate of drug-likeness (QED) is 0.814. The monoisotopic (exact) mass is 346 g/mol. The summed E-state index contributed by atoms with van der Waals surface area (Å²) in [7, 11) is 1.69. The number of aryl methyl sites for hydroxylation is 1. The van der Waals surface area contributed by atoms with Crippen LogP contribution in [0.4, 0.5) is 5.82 Å². The summed E-state index contributed by atoms with van der Waals surface area (Å²) in [4.78, 5) is 30.4. The van der Waals surface area contributed by atoms with Crippen LogP contribution in [0.25, 0.3) is 0 Å². The van der Waals surface area contributed by atoms with Crippen molar-refractivity contribution in [3.05, 3.63) is 34.4 Å². The lowest BCUT2D eigenvalue weighted by Crippen LogP contribution is -2.48. The number of aromatic nitrogens is 2. The number of allylic oxidation sites excluding steroid dienone is 1. The highest BCUT2D eigenvalue weighted by Gasteiger charge is 2.25. The van der Waals surface area contributed by atoms with Gasteiger partial charge in [0.05, 0.1) is 12.7 Å². The molecule has 136 valence electrons. The summed E-state index contributed by atoms with van der Waals surface area (Å²) < 4.78 is 7.21. The van der Waals surface area contributed by atoms with E-state index >= 15 is 0 Å². The topological polar surface area (TPSA) is 76.5 Å². The molecule has 1 saturated heterocycles. The van der Waals surface area contributed by atoms with Crippen LogP contribution < -0.4 is 10.9 Å². The predicted octanol–water partition coefficient (Wildman–Crippen LogP) is 1.31. The summed E-state index contributed by atoms with van der Waals surface area (Å²) in [6.45, 7) is 2.16. The van der Waals surface area contributed by atoms with Crippen LogP contribution in [-0.4, -0.2) is 52.7 Å². The molecule has 2 aliphatic rings. The van der Waals surface area contributed by atoms with Crippen molar-refractivity contribution in [2.45, 2.75) is 38.2 Å². The first kappa shape index (κ1) is 17.7. The van der Waals surface area contributed by atoms with E-state index in [0.717, 1.165) is 12.8 Å². The highest BCUT2D eigenvalue weighted by atomic mass is 16.5. The average molecular weight is 346 g/mol. The molecule has 1 fully saturated rings. The number of ether oxygens (including phenoxy) is 1. The van der Waals surface area contributed by atoms with Gasteiger partial charge in [0.25, 0.3) is 5.56 Å². The molecule has 0 radical (unpaired) electrons. The van der Waals surface area contributed by atoms with E-state index in [1.165, 1.54) is 23.0 Å². The van der Waals surface area contributed by atoms with E-state index in [9.17, 15) is 9.59 Å². The van der Waals surface area contributed by atoms with E-state index in [4.69, 9.17) is 4.74 Å². The normalized spacial score (nSPS) is 20.9. The maximum Gasteiger partial charge on any atom is 0.293 e. The zero-order valence-corrected chi connectivity index (χ0v) is 14.7. The molecule has 0 saturated carbocycles. The van der Waals surface area contributed by atoms with Gasteiger partial charge in [-0.25, -0.2) is 4.98 Å². The maximum atomic E-state index is 12.5. The molecule has 3 rings (SSSR count). The number of amides is 1. The first-order valence-electron chi connectivity index (χ1n) is 8.96. The third kappa shape index (κ3) is 4.69. The van der Waals surface area contributed by atoms with Crippen molar-refractivity contribution in [3.63, 3.8) is 0 Å². The van der Waals surface area contributed by atoms with Gasteiger partial charge in [0, 0.05) is 45.5 Å². The Balaban J connectivity index is 1.52. The summed E-state index contributed by atoms with van der Waals surface area (Å²) in [5.41, 5.74) is 1.10. The number of rotatable bonds is 5. The zero-order chi connectivity index (χ0) is 17.6. The van der Waals surface area contributed by atoms with Crippen molar-refractivity contribution in [1.29, 1.82) is 0 Å². The van der Waals surface area contributed by atoms with Gasteiger partial charge < -0.3 is 19.5 Å². The highest BCUT2D eigenvalue weighted by molar-refractivity contribution is 5.78. The molecule has 1 atom stereocenters. The Morgan fingerprint density at radius 2 is 2.32 bits per heavy atom. The van der Waals surface area contributed by atoms with Crippen molar-refractivity contribution < 1.29 is 9.53 Å². The largest absolute Gasteiger partial charge is 0.373 e. The molecule has 1 aromatic rings. The van der Waals surface area contributed by atoms with Gasteiger partial charge in [-0.05, 0) is 25.7 Å². The second-order valence-electron chi connectivity index (χ2n) is 6.69. The summed E-state index contributed by atoms with van der Waals surface area (Å²) in [5.74, 6) is 0.486. The van der Waals surface area contributed by atoms with E-state index in [1.807, 2.05) is 4.90 Å². The van der Waals surface area contributed by atoms with E-state index in [1.54, 1.807) is 19.4 Å². The van der Waals surface area contributed by atoms with Crippen LogP contribution in [-0.2, 0) is 16.6 Å². The van der Waals surface area contributed by atoms with Gasteiger partial charge in [-0.3, -0.25) is 9.59 Å². The van der Waals surface area contributed by atoms with E-state index in [0.29, 0.717) is 38.5 Å². The van der Waals surface area contributed by atoms with Crippen LogP contribution in [0.2, 0.25) is 0 Å². The van der Waals surface area contributed by atoms with Gasteiger partial charge in [0.15, 0.2) is 5.82 Å². The van der Waals surface area contributed by atoms with Gasteiger partial charge in [-0.2, -0.15) is 0 Å². The molecule has 0 unspecified atom stereocenters. The molecule has 0 spiro atoms. The van der Waals surface area contributed by atoms with E-state index in [2.05, 4.69) is 16.4 Å². The number of anilines is 1. The average Bonchev–Trinajstić information content (AvgIpc) is 2.64. The fourth-order valence-electron chi connectivity index (χ4n) is 3.27. The van der Waals surface area contributed by atoms with Gasteiger partial charge in [0.2, 0.25) is 5.91 Å². The van der Waals surface area contributed by atoms with Crippen molar-refractivity contribution >= 4 is 11.7 Å². The third-order valence-electron chi connectivity index (χ3n) is 4.77. The number of carbonyl (C=O) groups excluding carboxylic acids is 1. The third-order valence-corrected chi connectivity index (χ3v) is 4.77. The Labute approximate surface area is 147 Å². The predicted molar refractivity (Wildman–Crippen MR) is 95.5 cm³/mol.